The van der Waals surface area contributed by atoms with Gasteiger partial charge in [0.25, 0.3) is 0 Å². The van der Waals surface area contributed by atoms with Crippen LogP contribution in [0.2, 0.25) is 0 Å². The Morgan fingerprint density at radius 1 is 1.30 bits per heavy atom. The van der Waals surface area contributed by atoms with Crippen molar-refractivity contribution in [1.29, 1.82) is 5.26 Å². The van der Waals surface area contributed by atoms with E-state index in [4.69, 9.17) is 11.0 Å². The lowest BCUT2D eigenvalue weighted by Gasteiger charge is -2.10. The van der Waals surface area contributed by atoms with E-state index in [1.54, 1.807) is 18.2 Å². The summed E-state index contributed by atoms with van der Waals surface area (Å²) in [4.78, 5) is 11.3. The summed E-state index contributed by atoms with van der Waals surface area (Å²) < 4.78 is 13.7. The van der Waals surface area contributed by atoms with Crippen LogP contribution in [-0.2, 0) is 0 Å². The summed E-state index contributed by atoms with van der Waals surface area (Å²) in [6.45, 7) is 1.43. The number of nitrogens with one attached hydrogen (secondary N) is 1. The zero-order chi connectivity index (χ0) is 14.7. The van der Waals surface area contributed by atoms with Crippen LogP contribution in [0.1, 0.15) is 22.8 Å². The molecule has 0 aliphatic heterocycles. The van der Waals surface area contributed by atoms with Gasteiger partial charge in [0.2, 0.25) is 0 Å². The van der Waals surface area contributed by atoms with E-state index in [1.807, 2.05) is 6.07 Å². The lowest BCUT2D eigenvalue weighted by Crippen LogP contribution is -2.01. The van der Waals surface area contributed by atoms with E-state index < -0.39 is 5.82 Å². The van der Waals surface area contributed by atoms with Gasteiger partial charge in [0.15, 0.2) is 5.78 Å². The molecule has 0 fully saturated rings. The summed E-state index contributed by atoms with van der Waals surface area (Å²) in [7, 11) is 0. The Hall–Kier alpha value is -2.87. The topological polar surface area (TPSA) is 78.9 Å². The summed E-state index contributed by atoms with van der Waals surface area (Å²) in [5, 5.41) is 11.5. The highest BCUT2D eigenvalue weighted by atomic mass is 19.1. The van der Waals surface area contributed by atoms with Gasteiger partial charge in [-0.2, -0.15) is 5.26 Å². The minimum atomic E-state index is -0.529. The Morgan fingerprint density at radius 3 is 2.60 bits per heavy atom. The first-order valence-corrected chi connectivity index (χ1v) is 5.88. The highest BCUT2D eigenvalue weighted by Crippen LogP contribution is 2.24. The number of carbonyl (C=O) groups is 1. The van der Waals surface area contributed by atoms with E-state index in [2.05, 4.69) is 5.32 Å². The van der Waals surface area contributed by atoms with Crippen molar-refractivity contribution in [2.24, 2.45) is 0 Å². The summed E-state index contributed by atoms with van der Waals surface area (Å²) in [5.41, 5.74) is 7.57. The molecular formula is C15H12FN3O. The Kier molecular flexibility index (Phi) is 3.67. The maximum atomic E-state index is 13.7. The van der Waals surface area contributed by atoms with Crippen molar-refractivity contribution in [2.75, 3.05) is 11.1 Å². The number of carbonyl (C=O) groups excluding carboxylic acids is 1. The maximum absolute atomic E-state index is 13.7. The molecule has 0 aliphatic rings. The van der Waals surface area contributed by atoms with Gasteiger partial charge in [-0.05, 0) is 43.3 Å². The van der Waals surface area contributed by atoms with Crippen molar-refractivity contribution in [3.63, 3.8) is 0 Å². The molecule has 0 spiro atoms. The third-order valence-electron chi connectivity index (χ3n) is 2.81. The Morgan fingerprint density at radius 2 is 2.05 bits per heavy atom. The van der Waals surface area contributed by atoms with Crippen LogP contribution in [0, 0.1) is 17.1 Å². The van der Waals surface area contributed by atoms with Gasteiger partial charge in [-0.25, -0.2) is 4.39 Å². The first-order chi connectivity index (χ1) is 9.51. The molecule has 0 aromatic heterocycles. The van der Waals surface area contributed by atoms with Gasteiger partial charge in [0.05, 0.1) is 17.3 Å². The zero-order valence-electron chi connectivity index (χ0n) is 10.8. The fourth-order valence-corrected chi connectivity index (χ4v) is 1.80. The summed E-state index contributed by atoms with van der Waals surface area (Å²) >= 11 is 0. The van der Waals surface area contributed by atoms with Gasteiger partial charge in [-0.1, -0.05) is 0 Å². The number of ketones is 1. The number of benzene rings is 2. The Bertz CT molecular complexity index is 720. The van der Waals surface area contributed by atoms with Crippen LogP contribution in [0.3, 0.4) is 0 Å². The summed E-state index contributed by atoms with van der Waals surface area (Å²) in [5.74, 6) is -0.656. The van der Waals surface area contributed by atoms with Crippen LogP contribution in [0.25, 0.3) is 0 Å². The van der Waals surface area contributed by atoms with Gasteiger partial charge in [-0.3, -0.25) is 4.79 Å². The van der Waals surface area contributed by atoms with E-state index in [1.165, 1.54) is 19.1 Å². The van der Waals surface area contributed by atoms with Crippen molar-refractivity contribution in [1.82, 2.24) is 0 Å². The molecule has 0 aliphatic carbocycles. The van der Waals surface area contributed by atoms with E-state index in [9.17, 15) is 9.18 Å². The van der Waals surface area contributed by atoms with E-state index >= 15 is 0 Å². The number of rotatable bonds is 3. The number of hydrogen-bond acceptors (Lipinski definition) is 4. The highest BCUT2D eigenvalue weighted by Gasteiger charge is 2.07. The quantitative estimate of drug-likeness (QED) is 0.662. The molecule has 2 aromatic carbocycles. The van der Waals surface area contributed by atoms with Crippen molar-refractivity contribution < 1.29 is 9.18 Å². The number of hydrogen-bond donors (Lipinski definition) is 2. The minimum absolute atomic E-state index is 0.126. The van der Waals surface area contributed by atoms with Crippen LogP contribution in [0.4, 0.5) is 21.5 Å². The molecule has 3 N–H and O–H groups in total. The lowest BCUT2D eigenvalue weighted by molar-refractivity contribution is 0.101. The molecule has 0 bridgehead atoms. The third kappa shape index (κ3) is 2.75. The minimum Gasteiger partial charge on any atom is -0.398 e. The second kappa shape index (κ2) is 5.41. The second-order valence-corrected chi connectivity index (χ2v) is 4.29. The van der Waals surface area contributed by atoms with Gasteiger partial charge in [0, 0.05) is 16.9 Å². The molecule has 100 valence electrons. The normalized spacial score (nSPS) is 9.85. The fraction of sp³-hybridized carbons (Fsp3) is 0.0667. The molecular weight excluding hydrogens is 257 g/mol. The van der Waals surface area contributed by atoms with Gasteiger partial charge < -0.3 is 11.1 Å². The van der Waals surface area contributed by atoms with Crippen LogP contribution < -0.4 is 11.1 Å². The van der Waals surface area contributed by atoms with Crippen molar-refractivity contribution in [2.45, 2.75) is 6.92 Å². The van der Waals surface area contributed by atoms with Crippen LogP contribution >= 0.6 is 0 Å². The molecule has 5 heteroatoms. The number of nitrogens with two attached hydrogens (primary N) is 1. The maximum Gasteiger partial charge on any atom is 0.161 e. The largest absolute Gasteiger partial charge is 0.398 e. The zero-order valence-corrected chi connectivity index (χ0v) is 10.8. The molecule has 20 heavy (non-hydrogen) atoms. The summed E-state index contributed by atoms with van der Waals surface area (Å²) in [6.07, 6.45) is 0. The molecule has 0 saturated heterocycles. The van der Waals surface area contributed by atoms with Crippen molar-refractivity contribution >= 4 is 22.8 Å². The first-order valence-electron chi connectivity index (χ1n) is 5.88. The smallest absolute Gasteiger partial charge is 0.161 e. The first kappa shape index (κ1) is 13.6. The second-order valence-electron chi connectivity index (χ2n) is 4.29. The molecule has 0 heterocycles. The molecule has 0 unspecified atom stereocenters. The van der Waals surface area contributed by atoms with E-state index in [0.29, 0.717) is 16.9 Å². The Labute approximate surface area is 115 Å². The predicted molar refractivity (Wildman–Crippen MR) is 75.3 cm³/mol. The number of anilines is 3. The average Bonchev–Trinajstić information content (AvgIpc) is 2.40. The highest BCUT2D eigenvalue weighted by molar-refractivity contribution is 5.99. The molecule has 2 aromatic rings. The van der Waals surface area contributed by atoms with Crippen molar-refractivity contribution in [3.05, 3.63) is 53.3 Å². The molecule has 2 rings (SSSR count). The molecule has 0 saturated carbocycles. The molecule has 0 atom stereocenters. The fourth-order valence-electron chi connectivity index (χ4n) is 1.80. The van der Waals surface area contributed by atoms with Crippen molar-refractivity contribution in [3.8, 4) is 6.07 Å². The van der Waals surface area contributed by atoms with Crippen LogP contribution in [0.5, 0.6) is 0 Å². The van der Waals surface area contributed by atoms with E-state index in [0.717, 1.165) is 6.07 Å². The predicted octanol–water partition coefficient (Wildman–Crippen LogP) is 3.23. The van der Waals surface area contributed by atoms with Gasteiger partial charge in [-0.15, -0.1) is 0 Å². The monoisotopic (exact) mass is 269 g/mol. The van der Waals surface area contributed by atoms with Gasteiger partial charge >= 0.3 is 0 Å². The number of nitrogen functional groups attached to an aromatic ring is 1. The standard InChI is InChI=1S/C15H12FN3O/c1-9(20)12-4-3-11(7-14(12)18)19-15-5-2-10(8-17)6-13(15)16/h2-7,19H,18H2,1H3. The molecule has 4 nitrogen and oxygen atoms in total. The third-order valence-corrected chi connectivity index (χ3v) is 2.81. The number of nitriles is 1. The number of nitrogens with zero attached hydrogens (tertiary/aromatic N) is 1. The SMILES string of the molecule is CC(=O)c1ccc(Nc2ccc(C#N)cc2F)cc1N. The molecule has 0 amide bonds. The van der Waals surface area contributed by atoms with Crippen LogP contribution in [-0.4, -0.2) is 5.78 Å². The van der Waals surface area contributed by atoms with Gasteiger partial charge in [0.1, 0.15) is 5.82 Å². The van der Waals surface area contributed by atoms with E-state index in [-0.39, 0.29) is 17.0 Å². The Balaban J connectivity index is 2.29. The lowest BCUT2D eigenvalue weighted by atomic mass is 10.1. The summed E-state index contributed by atoms with van der Waals surface area (Å²) in [6, 6.07) is 10.8. The molecule has 0 radical (unpaired) electrons. The average molecular weight is 269 g/mol. The number of Topliss-reactive ketones (excluding diaryl/α,β-unsaturated/α-hetero) is 1. The van der Waals surface area contributed by atoms with Crippen LogP contribution in [0.15, 0.2) is 36.4 Å². The number of halogens is 1.